The van der Waals surface area contributed by atoms with Crippen molar-refractivity contribution in [1.82, 2.24) is 0 Å². The van der Waals surface area contributed by atoms with E-state index in [1.807, 2.05) is 0 Å². The van der Waals surface area contributed by atoms with Crippen LogP contribution in [0.3, 0.4) is 0 Å². The first-order chi connectivity index (χ1) is 14.3. The smallest absolute Gasteiger partial charge is 0.350 e. The maximum Gasteiger partial charge on any atom is 0.350 e. The van der Waals surface area contributed by atoms with Crippen molar-refractivity contribution in [3.8, 4) is 5.75 Å². The number of esters is 2. The lowest BCUT2D eigenvalue weighted by molar-refractivity contribution is -0.189. The minimum atomic E-state index is -1.46. The molecule has 0 fully saturated rings. The van der Waals surface area contributed by atoms with Gasteiger partial charge in [0.05, 0.1) is 6.10 Å². The molecule has 0 saturated heterocycles. The Morgan fingerprint density at radius 2 is 1.26 bits per heavy atom. The average molecular weight is 447 g/mol. The van der Waals surface area contributed by atoms with Gasteiger partial charge in [0, 0.05) is 16.1 Å². The first kappa shape index (κ1) is 24.4. The van der Waals surface area contributed by atoms with Crippen LogP contribution in [0, 0.1) is 0 Å². The molecule has 2 aromatic rings. The van der Waals surface area contributed by atoms with E-state index < -0.39 is 23.1 Å². The molecule has 2 rings (SSSR count). The number of ether oxygens (including phenoxy) is 3. The summed E-state index contributed by atoms with van der Waals surface area (Å²) in [5.74, 6) is -1.15. The highest BCUT2D eigenvalue weighted by Crippen LogP contribution is 2.24. The fraction of sp³-hybridized carbons (Fsp3) is 0.375. The molecule has 0 aliphatic carbocycles. The lowest BCUT2D eigenvalue weighted by Crippen LogP contribution is -2.47. The minimum Gasteiger partial charge on any atom is -0.476 e. The van der Waals surface area contributed by atoms with E-state index in [0.29, 0.717) is 21.9 Å². The van der Waals surface area contributed by atoms with Crippen LogP contribution in [0.4, 0.5) is 0 Å². The van der Waals surface area contributed by atoms with Crippen LogP contribution in [0.5, 0.6) is 5.75 Å². The lowest BCUT2D eigenvalue weighted by Gasteiger charge is -2.30. The van der Waals surface area contributed by atoms with Crippen LogP contribution in [0.1, 0.15) is 57.5 Å². The summed E-state index contributed by atoms with van der Waals surface area (Å²) in [4.78, 5) is 37.4. The third-order valence-corrected chi connectivity index (χ3v) is 4.52. The minimum absolute atomic E-state index is 0.160. The standard InChI is InChI=1S/C24H27ClO6/c1-15(2)29-21(27)23(3,4)31-22(28)24(5,6)30-19-13-9-17(10-14-19)20(26)16-7-11-18(25)12-8-16/h7-15H,1-6H3. The Morgan fingerprint density at radius 3 is 1.74 bits per heavy atom. The monoisotopic (exact) mass is 446 g/mol. The van der Waals surface area contributed by atoms with Crippen molar-refractivity contribution in [2.75, 3.05) is 0 Å². The highest BCUT2D eigenvalue weighted by Gasteiger charge is 2.41. The van der Waals surface area contributed by atoms with Crippen molar-refractivity contribution in [2.24, 2.45) is 0 Å². The molecule has 0 N–H and O–H groups in total. The molecule has 0 spiro atoms. The predicted octanol–water partition coefficient (Wildman–Crippen LogP) is 5.00. The molecule has 7 heteroatoms. The van der Waals surface area contributed by atoms with E-state index in [0.717, 1.165) is 0 Å². The summed E-state index contributed by atoms with van der Waals surface area (Å²) < 4.78 is 16.3. The zero-order chi connectivity index (χ0) is 23.4. The van der Waals surface area contributed by atoms with Crippen molar-refractivity contribution < 1.29 is 28.6 Å². The number of halogens is 1. The molecule has 0 bridgehead atoms. The largest absolute Gasteiger partial charge is 0.476 e. The Morgan fingerprint density at radius 1 is 0.774 bits per heavy atom. The summed E-state index contributed by atoms with van der Waals surface area (Å²) >= 11 is 5.86. The summed E-state index contributed by atoms with van der Waals surface area (Å²) in [6.07, 6.45) is -0.330. The molecule has 0 aliphatic rings. The molecule has 6 nitrogen and oxygen atoms in total. The lowest BCUT2D eigenvalue weighted by atomic mass is 10.0. The average Bonchev–Trinajstić information content (AvgIpc) is 2.67. The van der Waals surface area contributed by atoms with Crippen LogP contribution in [-0.4, -0.2) is 35.0 Å². The number of carbonyl (C=O) groups is 3. The molecule has 0 aromatic heterocycles. The van der Waals surface area contributed by atoms with Crippen LogP contribution < -0.4 is 4.74 Å². The van der Waals surface area contributed by atoms with E-state index in [1.54, 1.807) is 62.4 Å². The highest BCUT2D eigenvalue weighted by molar-refractivity contribution is 6.30. The van der Waals surface area contributed by atoms with Gasteiger partial charge in [-0.1, -0.05) is 11.6 Å². The summed E-state index contributed by atoms with van der Waals surface area (Å²) in [6.45, 7) is 9.41. The van der Waals surface area contributed by atoms with Crippen molar-refractivity contribution in [1.29, 1.82) is 0 Å². The van der Waals surface area contributed by atoms with Crippen LogP contribution in [0.25, 0.3) is 0 Å². The topological polar surface area (TPSA) is 78.9 Å². The molecular formula is C24H27ClO6. The third-order valence-electron chi connectivity index (χ3n) is 4.27. The second kappa shape index (κ2) is 9.52. The maximum absolute atomic E-state index is 12.6. The van der Waals surface area contributed by atoms with E-state index in [1.165, 1.54) is 27.7 Å². The van der Waals surface area contributed by atoms with Gasteiger partial charge in [0.1, 0.15) is 5.75 Å². The molecular weight excluding hydrogens is 420 g/mol. The molecule has 0 saturated carbocycles. The Kier molecular flexibility index (Phi) is 7.49. The Labute approximate surface area is 187 Å². The zero-order valence-electron chi connectivity index (χ0n) is 18.5. The Hall–Kier alpha value is -2.86. The summed E-state index contributed by atoms with van der Waals surface area (Å²) in [5.41, 5.74) is -1.86. The molecule has 166 valence electrons. The SMILES string of the molecule is CC(C)OC(=O)C(C)(C)OC(=O)C(C)(C)Oc1ccc(C(=O)c2ccc(Cl)cc2)cc1. The first-order valence-corrected chi connectivity index (χ1v) is 10.2. The maximum atomic E-state index is 12.6. The summed E-state index contributed by atoms with van der Waals surface area (Å²) in [5, 5.41) is 0.551. The van der Waals surface area contributed by atoms with Gasteiger partial charge in [0.2, 0.25) is 5.60 Å². The van der Waals surface area contributed by atoms with Gasteiger partial charge in [-0.15, -0.1) is 0 Å². The second-order valence-corrected chi connectivity index (χ2v) is 8.76. The zero-order valence-corrected chi connectivity index (χ0v) is 19.3. The summed E-state index contributed by atoms with van der Waals surface area (Å²) in [6, 6.07) is 13.0. The Balaban J connectivity index is 2.07. The molecule has 2 aromatic carbocycles. The number of rotatable bonds is 8. The Bertz CT molecular complexity index is 943. The van der Waals surface area contributed by atoms with Crippen molar-refractivity contribution in [3.05, 3.63) is 64.7 Å². The quantitative estimate of drug-likeness (QED) is 0.419. The van der Waals surface area contributed by atoms with Gasteiger partial charge in [-0.2, -0.15) is 0 Å². The molecule has 0 heterocycles. The first-order valence-electron chi connectivity index (χ1n) is 9.86. The molecule has 31 heavy (non-hydrogen) atoms. The second-order valence-electron chi connectivity index (χ2n) is 8.33. The molecule has 0 unspecified atom stereocenters. The number of ketones is 1. The normalized spacial score (nSPS) is 11.7. The molecule has 0 radical (unpaired) electrons. The van der Waals surface area contributed by atoms with E-state index in [4.69, 9.17) is 25.8 Å². The van der Waals surface area contributed by atoms with Crippen LogP contribution in [0.2, 0.25) is 5.02 Å². The van der Waals surface area contributed by atoms with Gasteiger partial charge in [0.25, 0.3) is 0 Å². The van der Waals surface area contributed by atoms with Gasteiger partial charge in [0.15, 0.2) is 11.4 Å². The van der Waals surface area contributed by atoms with Crippen molar-refractivity contribution in [3.63, 3.8) is 0 Å². The van der Waals surface area contributed by atoms with Gasteiger partial charge in [-0.3, -0.25) is 4.79 Å². The van der Waals surface area contributed by atoms with Crippen LogP contribution in [0.15, 0.2) is 48.5 Å². The van der Waals surface area contributed by atoms with Crippen LogP contribution in [-0.2, 0) is 19.1 Å². The number of hydrogen-bond donors (Lipinski definition) is 0. The predicted molar refractivity (Wildman–Crippen MR) is 117 cm³/mol. The van der Waals surface area contributed by atoms with E-state index in [2.05, 4.69) is 0 Å². The third kappa shape index (κ3) is 6.56. The molecule has 0 aliphatic heterocycles. The van der Waals surface area contributed by atoms with Crippen molar-refractivity contribution in [2.45, 2.75) is 58.8 Å². The number of benzene rings is 2. The fourth-order valence-electron chi connectivity index (χ4n) is 2.53. The summed E-state index contributed by atoms with van der Waals surface area (Å²) in [7, 11) is 0. The van der Waals surface area contributed by atoms with E-state index in [9.17, 15) is 14.4 Å². The fourth-order valence-corrected chi connectivity index (χ4v) is 2.66. The number of carbonyl (C=O) groups excluding carboxylic acids is 3. The molecule has 0 atom stereocenters. The van der Waals surface area contributed by atoms with Crippen LogP contribution >= 0.6 is 11.6 Å². The van der Waals surface area contributed by atoms with E-state index in [-0.39, 0.29) is 11.9 Å². The van der Waals surface area contributed by atoms with Gasteiger partial charge in [-0.25, -0.2) is 9.59 Å². The number of hydrogen-bond acceptors (Lipinski definition) is 6. The molecule has 0 amide bonds. The van der Waals surface area contributed by atoms with Gasteiger partial charge in [-0.05, 0) is 90.1 Å². The van der Waals surface area contributed by atoms with Crippen molar-refractivity contribution >= 4 is 29.3 Å². The highest BCUT2D eigenvalue weighted by atomic mass is 35.5. The van der Waals surface area contributed by atoms with E-state index >= 15 is 0 Å². The van der Waals surface area contributed by atoms with Gasteiger partial charge >= 0.3 is 11.9 Å². The van der Waals surface area contributed by atoms with Gasteiger partial charge < -0.3 is 14.2 Å².